The summed E-state index contributed by atoms with van der Waals surface area (Å²) in [5, 5.41) is 2.74. The standard InChI is InChI=1S/C38H77N2O8P/c1-6-8-10-12-14-16-18-19-20-22-24-26-28-30-37(41)45-34-36(35-47-49(43,44)46-33-32-40(3,4)5)48-38(42)39-31-29-27-25-23-21-17-15-13-11-9-7-2/h36H,6-35H2,1-5H3,(H-,39,42,43,44)/p+1/t36-/m1/s1. The first-order valence-electron chi connectivity index (χ1n) is 20.0. The first kappa shape index (κ1) is 47.8. The van der Waals surface area contributed by atoms with Crippen LogP contribution in [-0.2, 0) is 27.9 Å². The molecule has 0 heterocycles. The van der Waals surface area contributed by atoms with Crippen LogP contribution >= 0.6 is 7.82 Å². The molecule has 2 N–H and O–H groups in total. The Labute approximate surface area is 301 Å². The molecule has 49 heavy (non-hydrogen) atoms. The Balaban J connectivity index is 4.38. The van der Waals surface area contributed by atoms with E-state index in [2.05, 4.69) is 19.2 Å². The monoisotopic (exact) mass is 722 g/mol. The van der Waals surface area contributed by atoms with Crippen molar-refractivity contribution >= 4 is 19.9 Å². The maximum atomic E-state index is 12.5. The van der Waals surface area contributed by atoms with E-state index in [0.29, 0.717) is 17.6 Å². The highest BCUT2D eigenvalue weighted by Crippen LogP contribution is 2.43. The molecule has 0 aliphatic rings. The molecule has 292 valence electrons. The van der Waals surface area contributed by atoms with Gasteiger partial charge in [0.05, 0.1) is 27.7 Å². The van der Waals surface area contributed by atoms with E-state index in [0.717, 1.165) is 38.5 Å². The van der Waals surface area contributed by atoms with Crippen LogP contribution in [0.3, 0.4) is 0 Å². The normalized spacial score (nSPS) is 13.6. The Morgan fingerprint density at radius 1 is 0.633 bits per heavy atom. The lowest BCUT2D eigenvalue weighted by atomic mass is 10.0. The third-order valence-electron chi connectivity index (χ3n) is 8.68. The van der Waals surface area contributed by atoms with Crippen LogP contribution in [0.2, 0.25) is 0 Å². The highest BCUT2D eigenvalue weighted by Gasteiger charge is 2.27. The van der Waals surface area contributed by atoms with Crippen molar-refractivity contribution < 1.29 is 42.1 Å². The van der Waals surface area contributed by atoms with E-state index in [9.17, 15) is 19.0 Å². The van der Waals surface area contributed by atoms with E-state index in [1.165, 1.54) is 116 Å². The molecule has 0 aromatic carbocycles. The number of nitrogens with one attached hydrogen (secondary N) is 1. The minimum Gasteiger partial charge on any atom is -0.462 e. The van der Waals surface area contributed by atoms with Gasteiger partial charge in [0, 0.05) is 13.0 Å². The summed E-state index contributed by atoms with van der Waals surface area (Å²) in [4.78, 5) is 35.0. The second kappa shape index (κ2) is 32.7. The maximum absolute atomic E-state index is 12.5. The van der Waals surface area contributed by atoms with Gasteiger partial charge < -0.3 is 24.2 Å². The van der Waals surface area contributed by atoms with Gasteiger partial charge in [-0.05, 0) is 12.8 Å². The molecule has 0 aliphatic heterocycles. The zero-order valence-electron chi connectivity index (χ0n) is 32.5. The number of rotatable bonds is 36. The molecule has 0 saturated carbocycles. The SMILES string of the molecule is CCCCCCCCCCCCCCCC(=O)OC[C@H](COP(=O)(O)OCC[N+](C)(C)C)OC(=O)NCCCCCCCCCCCCC. The molecule has 0 aliphatic carbocycles. The molecule has 11 heteroatoms. The fourth-order valence-electron chi connectivity index (χ4n) is 5.48. The number of amides is 1. The fourth-order valence-corrected chi connectivity index (χ4v) is 6.22. The number of alkyl carbamates (subject to hydrolysis) is 1. The summed E-state index contributed by atoms with van der Waals surface area (Å²) in [6, 6.07) is 0. The van der Waals surface area contributed by atoms with Gasteiger partial charge in [-0.2, -0.15) is 0 Å². The number of esters is 1. The molecule has 0 bridgehead atoms. The first-order valence-corrected chi connectivity index (χ1v) is 21.5. The number of hydrogen-bond acceptors (Lipinski definition) is 7. The summed E-state index contributed by atoms with van der Waals surface area (Å²) >= 11 is 0. The summed E-state index contributed by atoms with van der Waals surface area (Å²) in [6.45, 7) is 4.79. The third-order valence-corrected chi connectivity index (χ3v) is 9.66. The van der Waals surface area contributed by atoms with E-state index < -0.39 is 26.6 Å². The summed E-state index contributed by atoms with van der Waals surface area (Å²) in [6.07, 6.45) is 27.9. The number of unbranched alkanes of at least 4 members (excludes halogenated alkanes) is 22. The number of phosphoric ester groups is 1. The quantitative estimate of drug-likeness (QED) is 0.0284. The van der Waals surface area contributed by atoms with Gasteiger partial charge in [-0.15, -0.1) is 0 Å². The Morgan fingerprint density at radius 3 is 1.51 bits per heavy atom. The molecule has 0 aromatic heterocycles. The summed E-state index contributed by atoms with van der Waals surface area (Å²) < 4.78 is 34.0. The van der Waals surface area contributed by atoms with Crippen molar-refractivity contribution in [3.05, 3.63) is 0 Å². The smallest absolute Gasteiger partial charge is 0.462 e. The second-order valence-electron chi connectivity index (χ2n) is 14.8. The number of carbonyl (C=O) groups excluding carboxylic acids is 2. The van der Waals surface area contributed by atoms with Gasteiger partial charge in [0.1, 0.15) is 19.8 Å². The fraction of sp³-hybridized carbons (Fsp3) is 0.947. The molecule has 1 amide bonds. The molecule has 0 radical (unpaired) electrons. The minimum absolute atomic E-state index is 0.0242. The van der Waals surface area contributed by atoms with Crippen LogP contribution in [0.15, 0.2) is 0 Å². The number of hydrogen-bond donors (Lipinski definition) is 2. The van der Waals surface area contributed by atoms with Crippen molar-refractivity contribution in [1.29, 1.82) is 0 Å². The molecule has 0 saturated heterocycles. The zero-order chi connectivity index (χ0) is 36.5. The number of quaternary nitrogens is 1. The minimum atomic E-state index is -4.38. The lowest BCUT2D eigenvalue weighted by molar-refractivity contribution is -0.870. The zero-order valence-corrected chi connectivity index (χ0v) is 33.4. The van der Waals surface area contributed by atoms with E-state index in [-0.39, 0.29) is 25.6 Å². The van der Waals surface area contributed by atoms with Gasteiger partial charge >= 0.3 is 19.9 Å². The van der Waals surface area contributed by atoms with Gasteiger partial charge in [-0.25, -0.2) is 9.36 Å². The maximum Gasteiger partial charge on any atom is 0.472 e. The number of nitrogens with zero attached hydrogens (tertiary/aromatic N) is 1. The Hall–Kier alpha value is -1.19. The van der Waals surface area contributed by atoms with Crippen LogP contribution in [0.25, 0.3) is 0 Å². The van der Waals surface area contributed by atoms with E-state index >= 15 is 0 Å². The van der Waals surface area contributed by atoms with Crippen molar-refractivity contribution in [1.82, 2.24) is 5.32 Å². The van der Waals surface area contributed by atoms with E-state index in [1.54, 1.807) is 0 Å². The Morgan fingerprint density at radius 2 is 1.06 bits per heavy atom. The molecule has 2 atom stereocenters. The average molecular weight is 722 g/mol. The molecule has 0 rings (SSSR count). The molecule has 0 spiro atoms. The lowest BCUT2D eigenvalue weighted by Crippen LogP contribution is -2.37. The van der Waals surface area contributed by atoms with Crippen molar-refractivity contribution in [2.75, 3.05) is 54.1 Å². The third kappa shape index (κ3) is 36.4. The molecular formula is C38H78N2O8P+. The predicted molar refractivity (Wildman–Crippen MR) is 201 cm³/mol. The first-order chi connectivity index (χ1) is 23.5. The average Bonchev–Trinajstić information content (AvgIpc) is 3.04. The van der Waals surface area contributed by atoms with Crippen molar-refractivity contribution in [3.8, 4) is 0 Å². The van der Waals surface area contributed by atoms with Crippen molar-refractivity contribution in [3.63, 3.8) is 0 Å². The van der Waals surface area contributed by atoms with Crippen LogP contribution in [-0.4, -0.2) is 81.6 Å². The second-order valence-corrected chi connectivity index (χ2v) is 16.2. The van der Waals surface area contributed by atoms with Gasteiger partial charge in [-0.3, -0.25) is 13.8 Å². The number of ether oxygens (including phenoxy) is 2. The summed E-state index contributed by atoms with van der Waals surface area (Å²) in [5.74, 6) is -0.385. The topological polar surface area (TPSA) is 120 Å². The number of phosphoric acid groups is 1. The van der Waals surface area contributed by atoms with Crippen LogP contribution in [0.1, 0.15) is 174 Å². The van der Waals surface area contributed by atoms with Crippen molar-refractivity contribution in [2.24, 2.45) is 0 Å². The predicted octanol–water partition coefficient (Wildman–Crippen LogP) is 10.3. The van der Waals surface area contributed by atoms with Gasteiger partial charge in [0.15, 0.2) is 6.10 Å². The van der Waals surface area contributed by atoms with Crippen LogP contribution < -0.4 is 5.32 Å². The van der Waals surface area contributed by atoms with E-state index in [1.807, 2.05) is 21.1 Å². The number of carbonyl (C=O) groups is 2. The molecule has 0 fully saturated rings. The van der Waals surface area contributed by atoms with Crippen LogP contribution in [0.5, 0.6) is 0 Å². The largest absolute Gasteiger partial charge is 0.472 e. The van der Waals surface area contributed by atoms with E-state index in [4.69, 9.17) is 18.5 Å². The summed E-state index contributed by atoms with van der Waals surface area (Å²) in [7, 11) is 1.45. The molecule has 0 aromatic rings. The molecule has 1 unspecified atom stereocenters. The van der Waals surface area contributed by atoms with Crippen LogP contribution in [0, 0.1) is 0 Å². The van der Waals surface area contributed by atoms with Gasteiger partial charge in [-0.1, -0.05) is 155 Å². The Kier molecular flexibility index (Phi) is 31.9. The Bertz CT molecular complexity index is 824. The highest BCUT2D eigenvalue weighted by atomic mass is 31.2. The van der Waals surface area contributed by atoms with Gasteiger partial charge in [0.25, 0.3) is 0 Å². The molecule has 10 nitrogen and oxygen atoms in total. The summed E-state index contributed by atoms with van der Waals surface area (Å²) in [5.41, 5.74) is 0. The lowest BCUT2D eigenvalue weighted by Gasteiger charge is -2.24. The highest BCUT2D eigenvalue weighted by molar-refractivity contribution is 7.47. The number of likely N-dealkylation sites (N-methyl/N-ethyl adjacent to an activating group) is 1. The molecular weight excluding hydrogens is 643 g/mol. The van der Waals surface area contributed by atoms with Gasteiger partial charge in [0.2, 0.25) is 0 Å². The van der Waals surface area contributed by atoms with Crippen molar-refractivity contribution in [2.45, 2.75) is 180 Å². The van der Waals surface area contributed by atoms with Crippen LogP contribution in [0.4, 0.5) is 4.79 Å².